The summed E-state index contributed by atoms with van der Waals surface area (Å²) in [6.45, 7) is 3.99. The molecule has 0 aromatic heterocycles. The van der Waals surface area contributed by atoms with E-state index in [-0.39, 0.29) is 0 Å². The number of aryl methyl sites for hydroxylation is 2. The molecule has 0 radical (unpaired) electrons. The fourth-order valence-electron chi connectivity index (χ4n) is 2.80. The van der Waals surface area contributed by atoms with E-state index in [1.165, 1.54) is 0 Å². The normalized spacial score (nSPS) is 12.1. The van der Waals surface area contributed by atoms with Crippen molar-refractivity contribution in [2.75, 3.05) is 0 Å². The van der Waals surface area contributed by atoms with E-state index >= 15 is 0 Å². The number of ether oxygens (including phenoxy) is 1. The third kappa shape index (κ3) is 3.57. The van der Waals surface area contributed by atoms with Gasteiger partial charge in [-0.1, -0.05) is 54.1 Å². The van der Waals surface area contributed by atoms with Crippen molar-refractivity contribution in [1.29, 1.82) is 0 Å². The Labute approximate surface area is 141 Å². The summed E-state index contributed by atoms with van der Waals surface area (Å²) in [5.74, 6) is -0.379. The lowest BCUT2D eigenvalue weighted by atomic mass is 10.00. The second-order valence-electron chi connectivity index (χ2n) is 6.09. The van der Waals surface area contributed by atoms with Crippen LogP contribution in [0.3, 0.4) is 0 Å². The Bertz CT molecular complexity index is 883. The first-order chi connectivity index (χ1) is 11.5. The minimum absolute atomic E-state index is 0.343. The van der Waals surface area contributed by atoms with E-state index in [9.17, 15) is 9.90 Å². The maximum absolute atomic E-state index is 11.6. The van der Waals surface area contributed by atoms with Gasteiger partial charge in [-0.05, 0) is 47.9 Å². The van der Waals surface area contributed by atoms with Gasteiger partial charge in [0.2, 0.25) is 0 Å². The van der Waals surface area contributed by atoms with E-state index in [0.29, 0.717) is 12.2 Å². The van der Waals surface area contributed by atoms with Crippen LogP contribution >= 0.6 is 0 Å². The van der Waals surface area contributed by atoms with Gasteiger partial charge in [-0.15, -0.1) is 0 Å². The van der Waals surface area contributed by atoms with E-state index < -0.39 is 12.1 Å². The monoisotopic (exact) mass is 320 g/mol. The molecule has 3 aromatic carbocycles. The molecular formula is C21H20O3. The Morgan fingerprint density at radius 1 is 1.00 bits per heavy atom. The zero-order valence-electron chi connectivity index (χ0n) is 13.8. The Kier molecular flexibility index (Phi) is 4.52. The SMILES string of the molecule is Cc1ccc(C)c(CC(Oc2ccc3ccccc3c2)C(=O)O)c1. The van der Waals surface area contributed by atoms with E-state index in [2.05, 4.69) is 0 Å². The molecule has 0 aliphatic rings. The summed E-state index contributed by atoms with van der Waals surface area (Å²) < 4.78 is 5.78. The predicted molar refractivity (Wildman–Crippen MR) is 95.6 cm³/mol. The maximum atomic E-state index is 11.6. The Hall–Kier alpha value is -2.81. The van der Waals surface area contributed by atoms with Crippen LogP contribution < -0.4 is 4.74 Å². The number of rotatable bonds is 5. The number of fused-ring (bicyclic) bond motifs is 1. The highest BCUT2D eigenvalue weighted by atomic mass is 16.5. The van der Waals surface area contributed by atoms with Gasteiger partial charge >= 0.3 is 5.97 Å². The lowest BCUT2D eigenvalue weighted by molar-refractivity contribution is -0.145. The molecule has 0 saturated carbocycles. The van der Waals surface area contributed by atoms with Crippen molar-refractivity contribution in [3.8, 4) is 5.75 Å². The van der Waals surface area contributed by atoms with Crippen LogP contribution in [0, 0.1) is 13.8 Å². The van der Waals surface area contributed by atoms with Crippen molar-refractivity contribution in [3.63, 3.8) is 0 Å². The van der Waals surface area contributed by atoms with Gasteiger partial charge in [0.05, 0.1) is 0 Å². The number of hydrogen-bond donors (Lipinski definition) is 1. The highest BCUT2D eigenvalue weighted by Gasteiger charge is 2.21. The van der Waals surface area contributed by atoms with Crippen LogP contribution in [0.25, 0.3) is 10.8 Å². The summed E-state index contributed by atoms with van der Waals surface area (Å²) in [5, 5.41) is 11.7. The van der Waals surface area contributed by atoms with Gasteiger partial charge < -0.3 is 9.84 Å². The third-order valence-electron chi connectivity index (χ3n) is 4.18. The fourth-order valence-corrected chi connectivity index (χ4v) is 2.80. The van der Waals surface area contributed by atoms with E-state index in [0.717, 1.165) is 27.5 Å². The largest absolute Gasteiger partial charge is 0.478 e. The average Bonchev–Trinajstić information content (AvgIpc) is 2.57. The number of benzene rings is 3. The van der Waals surface area contributed by atoms with Gasteiger partial charge in [0.1, 0.15) is 5.75 Å². The smallest absolute Gasteiger partial charge is 0.345 e. The Balaban J connectivity index is 1.85. The molecule has 0 spiro atoms. The molecule has 0 bridgehead atoms. The first-order valence-electron chi connectivity index (χ1n) is 7.97. The molecular weight excluding hydrogens is 300 g/mol. The van der Waals surface area contributed by atoms with Crippen LogP contribution in [0.4, 0.5) is 0 Å². The fraction of sp³-hybridized carbons (Fsp3) is 0.190. The summed E-state index contributed by atoms with van der Waals surface area (Å²) in [6, 6.07) is 19.7. The average molecular weight is 320 g/mol. The van der Waals surface area contributed by atoms with Gasteiger partial charge in [-0.25, -0.2) is 4.79 Å². The minimum Gasteiger partial charge on any atom is -0.478 e. The highest BCUT2D eigenvalue weighted by Crippen LogP contribution is 2.23. The zero-order chi connectivity index (χ0) is 17.1. The first-order valence-corrected chi connectivity index (χ1v) is 7.97. The van der Waals surface area contributed by atoms with Crippen LogP contribution in [-0.2, 0) is 11.2 Å². The molecule has 122 valence electrons. The summed E-state index contributed by atoms with van der Waals surface area (Å²) in [4.78, 5) is 11.6. The molecule has 1 N–H and O–H groups in total. The number of carbonyl (C=O) groups is 1. The zero-order valence-corrected chi connectivity index (χ0v) is 13.8. The molecule has 0 saturated heterocycles. The molecule has 3 aromatic rings. The molecule has 0 amide bonds. The van der Waals surface area contributed by atoms with Gasteiger partial charge in [0.15, 0.2) is 6.10 Å². The molecule has 3 rings (SSSR count). The van der Waals surface area contributed by atoms with Crippen LogP contribution in [-0.4, -0.2) is 17.2 Å². The van der Waals surface area contributed by atoms with Crippen molar-refractivity contribution in [2.24, 2.45) is 0 Å². The molecule has 24 heavy (non-hydrogen) atoms. The van der Waals surface area contributed by atoms with Crippen molar-refractivity contribution in [3.05, 3.63) is 77.4 Å². The molecule has 1 unspecified atom stereocenters. The lowest BCUT2D eigenvalue weighted by Gasteiger charge is -2.17. The number of carboxylic acids is 1. The van der Waals surface area contributed by atoms with Gasteiger partial charge in [-0.3, -0.25) is 0 Å². The lowest BCUT2D eigenvalue weighted by Crippen LogP contribution is -2.29. The maximum Gasteiger partial charge on any atom is 0.345 e. The molecule has 3 heteroatoms. The summed E-state index contributed by atoms with van der Waals surface area (Å²) in [7, 11) is 0. The van der Waals surface area contributed by atoms with Crippen molar-refractivity contribution < 1.29 is 14.6 Å². The minimum atomic E-state index is -0.955. The molecule has 1 atom stereocenters. The van der Waals surface area contributed by atoms with Crippen molar-refractivity contribution >= 4 is 16.7 Å². The van der Waals surface area contributed by atoms with Crippen LogP contribution in [0.15, 0.2) is 60.7 Å². The first kappa shape index (κ1) is 16.1. The van der Waals surface area contributed by atoms with E-state index in [1.54, 1.807) is 0 Å². The van der Waals surface area contributed by atoms with Gasteiger partial charge in [0, 0.05) is 6.42 Å². The van der Waals surface area contributed by atoms with Crippen LogP contribution in [0.5, 0.6) is 5.75 Å². The molecule has 3 nitrogen and oxygen atoms in total. The third-order valence-corrected chi connectivity index (χ3v) is 4.18. The van der Waals surface area contributed by atoms with Gasteiger partial charge in [0.25, 0.3) is 0 Å². The van der Waals surface area contributed by atoms with E-state index in [1.807, 2.05) is 74.5 Å². The Morgan fingerprint density at radius 2 is 1.75 bits per heavy atom. The standard InChI is InChI=1S/C21H20O3/c1-14-7-8-15(2)18(11-14)13-20(21(22)23)24-19-10-9-16-5-3-4-6-17(16)12-19/h3-12,20H,13H2,1-2H3,(H,22,23). The van der Waals surface area contributed by atoms with Gasteiger partial charge in [-0.2, -0.15) is 0 Å². The topological polar surface area (TPSA) is 46.5 Å². The second kappa shape index (κ2) is 6.75. The number of carboxylic acid groups (broad SMARTS) is 1. The molecule has 0 fully saturated rings. The number of aliphatic carboxylic acids is 1. The number of hydrogen-bond acceptors (Lipinski definition) is 2. The molecule has 0 aliphatic carbocycles. The Morgan fingerprint density at radius 3 is 2.50 bits per heavy atom. The quantitative estimate of drug-likeness (QED) is 0.751. The predicted octanol–water partition coefficient (Wildman–Crippen LogP) is 4.53. The molecule has 0 aliphatic heterocycles. The van der Waals surface area contributed by atoms with Crippen LogP contribution in [0.2, 0.25) is 0 Å². The highest BCUT2D eigenvalue weighted by molar-refractivity contribution is 5.84. The van der Waals surface area contributed by atoms with Crippen LogP contribution in [0.1, 0.15) is 16.7 Å². The summed E-state index contributed by atoms with van der Waals surface area (Å²) >= 11 is 0. The second-order valence-corrected chi connectivity index (χ2v) is 6.09. The molecule has 0 heterocycles. The van der Waals surface area contributed by atoms with E-state index in [4.69, 9.17) is 4.74 Å². The van der Waals surface area contributed by atoms with Crippen molar-refractivity contribution in [1.82, 2.24) is 0 Å². The van der Waals surface area contributed by atoms with Crippen molar-refractivity contribution in [2.45, 2.75) is 26.4 Å². The summed E-state index contributed by atoms with van der Waals surface area (Å²) in [6.07, 6.45) is -0.568. The summed E-state index contributed by atoms with van der Waals surface area (Å²) in [5.41, 5.74) is 3.20.